The molecule has 0 spiro atoms. The van der Waals surface area contributed by atoms with Gasteiger partial charge in [0, 0.05) is 0 Å². The number of unbranched alkanes of at least 4 members (excludes halogenated alkanes) is 7. The molecular weight excluding hydrogens is 248 g/mol. The van der Waals surface area contributed by atoms with Crippen LogP contribution in [0.4, 0.5) is 0 Å². The number of carboxylic acids is 1. The van der Waals surface area contributed by atoms with Gasteiger partial charge in [-0.1, -0.05) is 51.2 Å². The van der Waals surface area contributed by atoms with Crippen molar-refractivity contribution in [1.29, 1.82) is 0 Å². The SMILES string of the molecule is CCCCC/C=C/CCCCCCC(Cl)C(=O)O. The van der Waals surface area contributed by atoms with Crippen molar-refractivity contribution in [3.05, 3.63) is 12.2 Å². The van der Waals surface area contributed by atoms with Crippen LogP contribution in [0.5, 0.6) is 0 Å². The first-order chi connectivity index (χ1) is 8.68. The molecule has 0 aliphatic carbocycles. The summed E-state index contributed by atoms with van der Waals surface area (Å²) in [6, 6.07) is 0. The van der Waals surface area contributed by atoms with E-state index >= 15 is 0 Å². The first kappa shape index (κ1) is 17.5. The molecule has 0 aromatic rings. The molecule has 0 amide bonds. The van der Waals surface area contributed by atoms with E-state index < -0.39 is 11.3 Å². The van der Waals surface area contributed by atoms with Crippen molar-refractivity contribution in [3.63, 3.8) is 0 Å². The van der Waals surface area contributed by atoms with Gasteiger partial charge in [-0.05, 0) is 32.1 Å². The Bertz CT molecular complexity index is 227. The van der Waals surface area contributed by atoms with E-state index in [4.69, 9.17) is 16.7 Å². The van der Waals surface area contributed by atoms with E-state index in [9.17, 15) is 4.79 Å². The Morgan fingerprint density at radius 1 is 1.06 bits per heavy atom. The molecule has 106 valence electrons. The predicted octanol–water partition coefficient (Wildman–Crippen LogP) is 5.16. The van der Waals surface area contributed by atoms with Gasteiger partial charge < -0.3 is 5.11 Å². The summed E-state index contributed by atoms with van der Waals surface area (Å²) in [7, 11) is 0. The molecule has 1 N–H and O–H groups in total. The van der Waals surface area contributed by atoms with Gasteiger partial charge in [-0.25, -0.2) is 0 Å². The summed E-state index contributed by atoms with van der Waals surface area (Å²) >= 11 is 5.63. The Morgan fingerprint density at radius 3 is 2.17 bits per heavy atom. The fraction of sp³-hybridized carbons (Fsp3) is 0.800. The van der Waals surface area contributed by atoms with E-state index in [0.29, 0.717) is 6.42 Å². The largest absolute Gasteiger partial charge is 0.480 e. The van der Waals surface area contributed by atoms with Crippen LogP contribution in [0.2, 0.25) is 0 Å². The first-order valence-corrected chi connectivity index (χ1v) is 7.64. The maximum absolute atomic E-state index is 10.5. The highest BCUT2D eigenvalue weighted by Crippen LogP contribution is 2.11. The molecule has 2 nitrogen and oxygen atoms in total. The zero-order chi connectivity index (χ0) is 13.6. The lowest BCUT2D eigenvalue weighted by molar-refractivity contribution is -0.136. The van der Waals surface area contributed by atoms with Crippen LogP contribution >= 0.6 is 11.6 Å². The molecule has 0 rings (SSSR count). The van der Waals surface area contributed by atoms with Crippen LogP contribution in [0, 0.1) is 0 Å². The molecule has 0 fully saturated rings. The number of aliphatic carboxylic acids is 1. The highest BCUT2D eigenvalue weighted by atomic mass is 35.5. The molecule has 0 bridgehead atoms. The van der Waals surface area contributed by atoms with Crippen LogP contribution in [-0.2, 0) is 4.79 Å². The Balaban J connectivity index is 3.18. The van der Waals surface area contributed by atoms with E-state index in [1.54, 1.807) is 0 Å². The topological polar surface area (TPSA) is 37.3 Å². The van der Waals surface area contributed by atoms with Crippen LogP contribution in [0.15, 0.2) is 12.2 Å². The zero-order valence-corrected chi connectivity index (χ0v) is 12.3. The molecule has 1 unspecified atom stereocenters. The Morgan fingerprint density at radius 2 is 1.61 bits per heavy atom. The molecule has 0 saturated heterocycles. The molecule has 0 heterocycles. The fourth-order valence-electron chi connectivity index (χ4n) is 1.81. The van der Waals surface area contributed by atoms with Crippen molar-refractivity contribution >= 4 is 17.6 Å². The monoisotopic (exact) mass is 274 g/mol. The first-order valence-electron chi connectivity index (χ1n) is 7.20. The summed E-state index contributed by atoms with van der Waals surface area (Å²) in [5, 5.41) is 7.90. The van der Waals surface area contributed by atoms with Gasteiger partial charge in [0.15, 0.2) is 0 Å². The average molecular weight is 275 g/mol. The van der Waals surface area contributed by atoms with Gasteiger partial charge >= 0.3 is 5.97 Å². The quantitative estimate of drug-likeness (QED) is 0.303. The maximum Gasteiger partial charge on any atom is 0.321 e. The third-order valence-electron chi connectivity index (χ3n) is 2.99. The number of carboxylic acid groups (broad SMARTS) is 1. The van der Waals surface area contributed by atoms with Crippen LogP contribution in [0.1, 0.15) is 71.1 Å². The van der Waals surface area contributed by atoms with Gasteiger partial charge in [0.25, 0.3) is 0 Å². The lowest BCUT2D eigenvalue weighted by atomic mass is 10.1. The molecule has 0 aliphatic rings. The summed E-state index contributed by atoms with van der Waals surface area (Å²) in [5.41, 5.74) is 0. The van der Waals surface area contributed by atoms with Gasteiger partial charge in [0.05, 0.1) is 0 Å². The van der Waals surface area contributed by atoms with Crippen LogP contribution < -0.4 is 0 Å². The highest BCUT2D eigenvalue weighted by molar-refractivity contribution is 6.29. The van der Waals surface area contributed by atoms with Crippen molar-refractivity contribution in [3.8, 4) is 0 Å². The molecule has 0 saturated carbocycles. The predicted molar refractivity (Wildman–Crippen MR) is 78.3 cm³/mol. The minimum Gasteiger partial charge on any atom is -0.480 e. The summed E-state index contributed by atoms with van der Waals surface area (Å²) in [4.78, 5) is 10.5. The zero-order valence-electron chi connectivity index (χ0n) is 11.5. The molecule has 3 heteroatoms. The third kappa shape index (κ3) is 12.0. The number of rotatable bonds is 12. The van der Waals surface area contributed by atoms with E-state index in [1.807, 2.05) is 0 Å². The molecule has 1 atom stereocenters. The minimum atomic E-state index is -0.897. The van der Waals surface area contributed by atoms with Crippen molar-refractivity contribution in [2.75, 3.05) is 0 Å². The second kappa shape index (κ2) is 12.9. The van der Waals surface area contributed by atoms with Crippen molar-refractivity contribution in [1.82, 2.24) is 0 Å². The van der Waals surface area contributed by atoms with Gasteiger partial charge in [-0.15, -0.1) is 11.6 Å². The van der Waals surface area contributed by atoms with Crippen molar-refractivity contribution in [2.45, 2.75) is 76.5 Å². The Labute approximate surface area is 116 Å². The number of carbonyl (C=O) groups is 1. The Kier molecular flexibility index (Phi) is 12.6. The lowest BCUT2D eigenvalue weighted by Gasteiger charge is -2.03. The Hall–Kier alpha value is -0.500. The van der Waals surface area contributed by atoms with Gasteiger partial charge in [0.1, 0.15) is 5.38 Å². The molecule has 0 radical (unpaired) electrons. The number of allylic oxidation sites excluding steroid dienone is 2. The number of alkyl halides is 1. The smallest absolute Gasteiger partial charge is 0.321 e. The van der Waals surface area contributed by atoms with Gasteiger partial charge in [-0.2, -0.15) is 0 Å². The van der Waals surface area contributed by atoms with Crippen LogP contribution in [0.3, 0.4) is 0 Å². The van der Waals surface area contributed by atoms with Crippen molar-refractivity contribution in [2.24, 2.45) is 0 Å². The van der Waals surface area contributed by atoms with E-state index in [0.717, 1.165) is 19.3 Å². The van der Waals surface area contributed by atoms with E-state index in [-0.39, 0.29) is 0 Å². The summed E-state index contributed by atoms with van der Waals surface area (Å²) in [6.07, 6.45) is 15.8. The summed E-state index contributed by atoms with van der Waals surface area (Å²) < 4.78 is 0. The molecule has 0 aromatic heterocycles. The second-order valence-corrected chi connectivity index (χ2v) is 5.29. The number of halogens is 1. The van der Waals surface area contributed by atoms with Crippen LogP contribution in [0.25, 0.3) is 0 Å². The minimum absolute atomic E-state index is 0.587. The number of hydrogen-bond donors (Lipinski definition) is 1. The standard InChI is InChI=1S/C15H27ClO2/c1-2-3-4-5-6-7-8-9-10-11-12-13-14(16)15(17)18/h6-7,14H,2-5,8-13H2,1H3,(H,17,18)/b7-6+. The molecular formula is C15H27ClO2. The molecule has 0 aromatic carbocycles. The lowest BCUT2D eigenvalue weighted by Crippen LogP contribution is -2.12. The maximum atomic E-state index is 10.5. The summed E-state index contributed by atoms with van der Waals surface area (Å²) in [5.74, 6) is -0.897. The van der Waals surface area contributed by atoms with Crippen LogP contribution in [-0.4, -0.2) is 16.5 Å². The average Bonchev–Trinajstić information content (AvgIpc) is 2.35. The van der Waals surface area contributed by atoms with Crippen molar-refractivity contribution < 1.29 is 9.90 Å². The van der Waals surface area contributed by atoms with E-state index in [2.05, 4.69) is 19.1 Å². The third-order valence-corrected chi connectivity index (χ3v) is 3.39. The summed E-state index contributed by atoms with van der Waals surface area (Å²) in [6.45, 7) is 2.22. The normalized spacial score (nSPS) is 13.0. The molecule has 0 aliphatic heterocycles. The van der Waals surface area contributed by atoms with E-state index in [1.165, 1.54) is 38.5 Å². The number of hydrogen-bond acceptors (Lipinski definition) is 1. The highest BCUT2D eigenvalue weighted by Gasteiger charge is 2.11. The second-order valence-electron chi connectivity index (χ2n) is 4.76. The van der Waals surface area contributed by atoms with Gasteiger partial charge in [0.2, 0.25) is 0 Å². The molecule has 18 heavy (non-hydrogen) atoms. The van der Waals surface area contributed by atoms with Gasteiger partial charge in [-0.3, -0.25) is 4.79 Å². The fourth-order valence-corrected chi connectivity index (χ4v) is 1.96.